The van der Waals surface area contributed by atoms with Crippen LogP contribution < -0.4 is 16.2 Å². The lowest BCUT2D eigenvalue weighted by molar-refractivity contribution is 0.294. The van der Waals surface area contributed by atoms with Crippen molar-refractivity contribution in [1.29, 1.82) is 0 Å². The fourth-order valence-electron chi connectivity index (χ4n) is 2.62. The van der Waals surface area contributed by atoms with Gasteiger partial charge in [0.25, 0.3) is 0 Å². The molecule has 118 valence electrons. The summed E-state index contributed by atoms with van der Waals surface area (Å²) in [4.78, 5) is 2.53. The highest BCUT2D eigenvalue weighted by atomic mass is 32.2. The normalized spacial score (nSPS) is 17.8. The zero-order valence-corrected chi connectivity index (χ0v) is 13.2. The molecular formula is C14H24N4O2S. The Bertz CT molecular complexity index is 583. The van der Waals surface area contributed by atoms with E-state index < -0.39 is 10.0 Å². The molecule has 1 aromatic carbocycles. The third-order valence-corrected chi connectivity index (χ3v) is 4.67. The molecule has 0 bridgehead atoms. The molecule has 1 saturated heterocycles. The summed E-state index contributed by atoms with van der Waals surface area (Å²) in [5, 5.41) is 8.37. The number of hydrogen-bond donors (Lipinski definition) is 3. The minimum atomic E-state index is -3.70. The minimum absolute atomic E-state index is 0.0754. The zero-order valence-electron chi connectivity index (χ0n) is 12.4. The lowest BCUT2D eigenvalue weighted by Gasteiger charge is -2.21. The highest BCUT2D eigenvalue weighted by molar-refractivity contribution is 7.89. The Hall–Kier alpha value is -1.31. The molecular weight excluding hydrogens is 288 g/mol. The van der Waals surface area contributed by atoms with Crippen LogP contribution in [0.15, 0.2) is 23.1 Å². The number of sulfonamides is 1. The molecule has 2 rings (SSSR count). The van der Waals surface area contributed by atoms with Crippen LogP contribution in [0.25, 0.3) is 0 Å². The smallest absolute Gasteiger partial charge is 0.238 e. The van der Waals surface area contributed by atoms with Crippen molar-refractivity contribution in [2.75, 3.05) is 37.2 Å². The van der Waals surface area contributed by atoms with Crippen molar-refractivity contribution < 1.29 is 8.42 Å². The highest BCUT2D eigenvalue weighted by Gasteiger charge is 2.15. The molecule has 1 aliphatic heterocycles. The maximum Gasteiger partial charge on any atom is 0.238 e. The molecule has 5 N–H and O–H groups in total. The molecule has 0 aliphatic carbocycles. The van der Waals surface area contributed by atoms with Gasteiger partial charge >= 0.3 is 0 Å². The van der Waals surface area contributed by atoms with E-state index in [9.17, 15) is 8.42 Å². The van der Waals surface area contributed by atoms with Gasteiger partial charge in [-0.25, -0.2) is 13.6 Å². The Morgan fingerprint density at radius 3 is 2.62 bits per heavy atom. The Balaban J connectivity index is 1.95. The highest BCUT2D eigenvalue weighted by Crippen LogP contribution is 2.22. The zero-order chi connectivity index (χ0) is 15.5. The van der Waals surface area contributed by atoms with Crippen LogP contribution in [0.2, 0.25) is 0 Å². The van der Waals surface area contributed by atoms with Crippen LogP contribution in [-0.4, -0.2) is 39.5 Å². The van der Waals surface area contributed by atoms with E-state index in [1.165, 1.54) is 38.1 Å². The summed E-state index contributed by atoms with van der Waals surface area (Å²) in [7, 11) is -3.70. The second-order valence-electron chi connectivity index (χ2n) is 5.79. The van der Waals surface area contributed by atoms with Crippen LogP contribution in [0.4, 0.5) is 11.4 Å². The molecule has 7 heteroatoms. The van der Waals surface area contributed by atoms with Gasteiger partial charge in [0.05, 0.1) is 16.3 Å². The predicted molar refractivity (Wildman–Crippen MR) is 85.6 cm³/mol. The number of nitrogens with zero attached hydrogens (tertiary/aromatic N) is 1. The molecule has 1 unspecified atom stereocenters. The van der Waals surface area contributed by atoms with E-state index in [-0.39, 0.29) is 4.90 Å². The van der Waals surface area contributed by atoms with E-state index in [4.69, 9.17) is 10.9 Å². The van der Waals surface area contributed by atoms with Crippen LogP contribution in [0.1, 0.15) is 19.8 Å². The largest absolute Gasteiger partial charge is 0.397 e. The van der Waals surface area contributed by atoms with Crippen molar-refractivity contribution in [1.82, 2.24) is 4.90 Å². The Labute approximate surface area is 126 Å². The van der Waals surface area contributed by atoms with Crippen molar-refractivity contribution in [3.05, 3.63) is 18.2 Å². The second kappa shape index (κ2) is 6.64. The Kier molecular flexibility index (Phi) is 5.08. The predicted octanol–water partition coefficient (Wildman–Crippen LogP) is 1.06. The summed E-state index contributed by atoms with van der Waals surface area (Å²) >= 11 is 0. The van der Waals surface area contributed by atoms with Crippen LogP contribution in [0, 0.1) is 5.92 Å². The van der Waals surface area contributed by atoms with Crippen molar-refractivity contribution in [2.24, 2.45) is 11.1 Å². The average Bonchev–Trinajstić information content (AvgIpc) is 2.89. The van der Waals surface area contributed by atoms with E-state index in [1.54, 1.807) is 6.07 Å². The van der Waals surface area contributed by atoms with Crippen molar-refractivity contribution in [3.63, 3.8) is 0 Å². The van der Waals surface area contributed by atoms with Crippen molar-refractivity contribution >= 4 is 21.4 Å². The van der Waals surface area contributed by atoms with Gasteiger partial charge in [-0.15, -0.1) is 0 Å². The summed E-state index contributed by atoms with van der Waals surface area (Å²) in [6, 6.07) is 4.48. The number of likely N-dealkylation sites (tertiary alicyclic amines) is 1. The van der Waals surface area contributed by atoms with Gasteiger partial charge in [0.15, 0.2) is 0 Å². The second-order valence-corrected chi connectivity index (χ2v) is 7.35. The maximum absolute atomic E-state index is 11.4. The van der Waals surface area contributed by atoms with Gasteiger partial charge in [-0.3, -0.25) is 0 Å². The monoisotopic (exact) mass is 312 g/mol. The first-order valence-corrected chi connectivity index (χ1v) is 8.79. The first kappa shape index (κ1) is 16.1. The maximum atomic E-state index is 11.4. The van der Waals surface area contributed by atoms with E-state index in [0.717, 1.165) is 13.1 Å². The van der Waals surface area contributed by atoms with Crippen molar-refractivity contribution in [3.8, 4) is 0 Å². The first-order chi connectivity index (χ1) is 9.86. The molecule has 0 amide bonds. The number of anilines is 2. The number of primary sulfonamides is 1. The molecule has 21 heavy (non-hydrogen) atoms. The van der Waals surface area contributed by atoms with Crippen LogP contribution in [0.5, 0.6) is 0 Å². The van der Waals surface area contributed by atoms with Crippen LogP contribution >= 0.6 is 0 Å². The molecule has 1 heterocycles. The average molecular weight is 312 g/mol. The summed E-state index contributed by atoms with van der Waals surface area (Å²) in [6.45, 7) is 6.31. The van der Waals surface area contributed by atoms with E-state index in [0.29, 0.717) is 17.3 Å². The minimum Gasteiger partial charge on any atom is -0.397 e. The summed E-state index contributed by atoms with van der Waals surface area (Å²) in [5.74, 6) is 0.459. The first-order valence-electron chi connectivity index (χ1n) is 7.25. The quantitative estimate of drug-likeness (QED) is 0.682. The summed E-state index contributed by atoms with van der Waals surface area (Å²) in [5.41, 5.74) is 7.02. The van der Waals surface area contributed by atoms with Gasteiger partial charge in [0, 0.05) is 13.1 Å². The van der Waals surface area contributed by atoms with E-state index >= 15 is 0 Å². The molecule has 0 aromatic heterocycles. The number of rotatable bonds is 6. The lowest BCUT2D eigenvalue weighted by atomic mass is 10.1. The molecule has 1 aromatic rings. The number of nitrogens with one attached hydrogen (secondary N) is 1. The molecule has 0 radical (unpaired) electrons. The number of nitrogens with two attached hydrogens (primary N) is 2. The van der Waals surface area contributed by atoms with Gasteiger partial charge in [-0.05, 0) is 50.0 Å². The Morgan fingerprint density at radius 2 is 2.00 bits per heavy atom. The molecule has 1 fully saturated rings. The van der Waals surface area contributed by atoms with Crippen molar-refractivity contribution in [2.45, 2.75) is 24.7 Å². The van der Waals surface area contributed by atoms with Crippen LogP contribution in [0.3, 0.4) is 0 Å². The summed E-state index contributed by atoms with van der Waals surface area (Å²) < 4.78 is 22.7. The van der Waals surface area contributed by atoms with Gasteiger partial charge in [0.2, 0.25) is 10.0 Å². The summed E-state index contributed by atoms with van der Waals surface area (Å²) in [6.07, 6.45) is 2.56. The third kappa shape index (κ3) is 4.59. The molecule has 1 aliphatic rings. The topological polar surface area (TPSA) is 101 Å². The molecule has 1 atom stereocenters. The third-order valence-electron chi connectivity index (χ3n) is 3.76. The Morgan fingerprint density at radius 1 is 1.33 bits per heavy atom. The SMILES string of the molecule is CC(CNc1cc(S(N)(=O)=O)ccc1N)CN1CCCC1. The van der Waals surface area contributed by atoms with E-state index in [1.807, 2.05) is 0 Å². The number of benzene rings is 1. The lowest BCUT2D eigenvalue weighted by Crippen LogP contribution is -2.29. The van der Waals surface area contributed by atoms with Crippen LogP contribution in [-0.2, 0) is 10.0 Å². The fraction of sp³-hybridized carbons (Fsp3) is 0.571. The number of nitrogen functional groups attached to an aromatic ring is 1. The molecule has 0 saturated carbocycles. The van der Waals surface area contributed by atoms with Gasteiger partial charge in [-0.2, -0.15) is 0 Å². The fourth-order valence-corrected chi connectivity index (χ4v) is 3.16. The van der Waals surface area contributed by atoms with Gasteiger partial charge < -0.3 is 16.0 Å². The van der Waals surface area contributed by atoms with Gasteiger partial charge in [0.1, 0.15) is 0 Å². The molecule has 0 spiro atoms. The molecule has 6 nitrogen and oxygen atoms in total. The standard InChI is InChI=1S/C14H24N4O2S/c1-11(10-18-6-2-3-7-18)9-17-14-8-12(21(16,19)20)4-5-13(14)15/h4-5,8,11,17H,2-3,6-7,9-10,15H2,1H3,(H2,16,19,20). The van der Waals surface area contributed by atoms with E-state index in [2.05, 4.69) is 17.1 Å². The number of hydrogen-bond acceptors (Lipinski definition) is 5. The van der Waals surface area contributed by atoms with Gasteiger partial charge in [-0.1, -0.05) is 6.92 Å².